The summed E-state index contributed by atoms with van der Waals surface area (Å²) >= 11 is 0. The number of carbonyl (C=O) groups is 2. The van der Waals surface area contributed by atoms with Crippen LogP contribution >= 0.6 is 0 Å². The number of nitrogens with zero attached hydrogens (tertiary/aromatic N) is 2. The summed E-state index contributed by atoms with van der Waals surface area (Å²) in [5.74, 6) is -0.886. The van der Waals surface area contributed by atoms with Crippen LogP contribution < -0.4 is 4.90 Å². The van der Waals surface area contributed by atoms with Gasteiger partial charge >= 0.3 is 11.8 Å². The van der Waals surface area contributed by atoms with E-state index in [4.69, 9.17) is 0 Å². The minimum atomic E-state index is -0.460. The highest BCUT2D eigenvalue weighted by Gasteiger charge is 2.29. The molecule has 0 spiro atoms. The molecule has 1 heterocycles. The van der Waals surface area contributed by atoms with Crippen molar-refractivity contribution >= 4 is 17.5 Å². The molecule has 3 rings (SSSR count). The SMILES string of the molecule is CCN(C(=O)C(=O)N1CCc2ccccc2C1)c1ccccc1. The van der Waals surface area contributed by atoms with Gasteiger partial charge in [-0.1, -0.05) is 42.5 Å². The van der Waals surface area contributed by atoms with Gasteiger partial charge in [0.25, 0.3) is 0 Å². The second kappa shape index (κ2) is 6.65. The molecule has 0 radical (unpaired) electrons. The van der Waals surface area contributed by atoms with Crippen LogP contribution in [0.25, 0.3) is 0 Å². The van der Waals surface area contributed by atoms with Crippen LogP contribution in [0.4, 0.5) is 5.69 Å². The van der Waals surface area contributed by atoms with Crippen molar-refractivity contribution < 1.29 is 9.59 Å². The van der Waals surface area contributed by atoms with E-state index in [1.54, 1.807) is 4.90 Å². The average Bonchev–Trinajstić information content (AvgIpc) is 2.62. The quantitative estimate of drug-likeness (QED) is 0.800. The van der Waals surface area contributed by atoms with Crippen LogP contribution in [-0.4, -0.2) is 29.8 Å². The Morgan fingerprint density at radius 2 is 1.65 bits per heavy atom. The molecular weight excluding hydrogens is 288 g/mol. The molecule has 2 aromatic carbocycles. The van der Waals surface area contributed by atoms with Crippen molar-refractivity contribution in [3.05, 3.63) is 65.7 Å². The molecule has 0 aromatic heterocycles. The highest BCUT2D eigenvalue weighted by molar-refractivity contribution is 6.40. The van der Waals surface area contributed by atoms with Crippen LogP contribution in [0.1, 0.15) is 18.1 Å². The van der Waals surface area contributed by atoms with Crippen molar-refractivity contribution in [3.63, 3.8) is 0 Å². The summed E-state index contributed by atoms with van der Waals surface area (Å²) < 4.78 is 0. The van der Waals surface area contributed by atoms with E-state index in [9.17, 15) is 9.59 Å². The predicted octanol–water partition coefficient (Wildman–Crippen LogP) is 2.62. The molecule has 0 N–H and O–H groups in total. The van der Waals surface area contributed by atoms with Crippen molar-refractivity contribution in [2.75, 3.05) is 18.0 Å². The monoisotopic (exact) mass is 308 g/mol. The highest BCUT2D eigenvalue weighted by Crippen LogP contribution is 2.20. The van der Waals surface area contributed by atoms with Gasteiger partial charge in [-0.25, -0.2) is 0 Å². The van der Waals surface area contributed by atoms with E-state index in [0.29, 0.717) is 19.6 Å². The van der Waals surface area contributed by atoms with Gasteiger partial charge in [-0.05, 0) is 36.6 Å². The zero-order valence-electron chi connectivity index (χ0n) is 13.2. The molecule has 0 bridgehead atoms. The van der Waals surface area contributed by atoms with Gasteiger partial charge in [0, 0.05) is 25.3 Å². The maximum Gasteiger partial charge on any atom is 0.316 e. The normalized spacial score (nSPS) is 13.3. The Balaban J connectivity index is 1.76. The summed E-state index contributed by atoms with van der Waals surface area (Å²) in [7, 11) is 0. The fraction of sp³-hybridized carbons (Fsp3) is 0.263. The van der Waals surface area contributed by atoms with E-state index in [0.717, 1.165) is 17.7 Å². The first-order chi connectivity index (χ1) is 11.2. The largest absolute Gasteiger partial charge is 0.330 e. The van der Waals surface area contributed by atoms with Gasteiger partial charge in [0.15, 0.2) is 0 Å². The van der Waals surface area contributed by atoms with Gasteiger partial charge in [-0.3, -0.25) is 9.59 Å². The maximum absolute atomic E-state index is 12.6. The Morgan fingerprint density at radius 3 is 2.35 bits per heavy atom. The van der Waals surface area contributed by atoms with Gasteiger partial charge in [0.1, 0.15) is 0 Å². The predicted molar refractivity (Wildman–Crippen MR) is 90.0 cm³/mol. The first-order valence-corrected chi connectivity index (χ1v) is 7.93. The standard InChI is InChI=1S/C19H20N2O2/c1-2-21(17-10-4-3-5-11-17)19(23)18(22)20-13-12-15-8-6-7-9-16(15)14-20/h3-11H,2,12-14H2,1H3. The Bertz CT molecular complexity index is 712. The van der Waals surface area contributed by atoms with Gasteiger partial charge in [0.2, 0.25) is 0 Å². The fourth-order valence-corrected chi connectivity index (χ4v) is 2.97. The number of anilines is 1. The molecule has 0 saturated carbocycles. The lowest BCUT2D eigenvalue weighted by molar-refractivity contribution is -0.145. The van der Waals surface area contributed by atoms with E-state index < -0.39 is 11.8 Å². The van der Waals surface area contributed by atoms with E-state index in [1.165, 1.54) is 10.5 Å². The molecule has 0 unspecified atom stereocenters. The lowest BCUT2D eigenvalue weighted by atomic mass is 10.00. The third kappa shape index (κ3) is 3.11. The van der Waals surface area contributed by atoms with E-state index in [-0.39, 0.29) is 0 Å². The summed E-state index contributed by atoms with van der Waals surface area (Å²) in [4.78, 5) is 28.4. The third-order valence-corrected chi connectivity index (χ3v) is 4.23. The zero-order valence-corrected chi connectivity index (χ0v) is 13.2. The van der Waals surface area contributed by atoms with Gasteiger partial charge in [0.05, 0.1) is 0 Å². The first-order valence-electron chi connectivity index (χ1n) is 7.93. The van der Waals surface area contributed by atoms with Crippen LogP contribution in [-0.2, 0) is 22.6 Å². The molecule has 0 saturated heterocycles. The van der Waals surface area contributed by atoms with Crippen LogP contribution in [0.15, 0.2) is 54.6 Å². The number of hydrogen-bond acceptors (Lipinski definition) is 2. The van der Waals surface area contributed by atoms with Gasteiger partial charge < -0.3 is 9.80 Å². The smallest absolute Gasteiger partial charge is 0.316 e. The minimum absolute atomic E-state index is 0.426. The molecule has 2 amide bonds. The van der Waals surface area contributed by atoms with Crippen LogP contribution in [0.5, 0.6) is 0 Å². The molecular formula is C19H20N2O2. The molecule has 2 aromatic rings. The lowest BCUT2D eigenvalue weighted by Crippen LogP contribution is -2.47. The summed E-state index contributed by atoms with van der Waals surface area (Å²) in [5.41, 5.74) is 3.15. The Hall–Kier alpha value is -2.62. The van der Waals surface area contributed by atoms with Crippen molar-refractivity contribution in [1.29, 1.82) is 0 Å². The van der Waals surface area contributed by atoms with Crippen LogP contribution in [0.3, 0.4) is 0 Å². The summed E-state index contributed by atoms with van der Waals surface area (Å²) in [5, 5.41) is 0. The summed E-state index contributed by atoms with van der Waals surface area (Å²) in [6.45, 7) is 3.45. The number of para-hydroxylation sites is 1. The number of likely N-dealkylation sites (N-methyl/N-ethyl adjacent to an activating group) is 1. The molecule has 1 aliphatic rings. The molecule has 4 nitrogen and oxygen atoms in total. The molecule has 0 atom stereocenters. The number of amides is 2. The second-order valence-corrected chi connectivity index (χ2v) is 5.63. The highest BCUT2D eigenvalue weighted by atomic mass is 16.2. The van der Waals surface area contributed by atoms with Crippen LogP contribution in [0.2, 0.25) is 0 Å². The second-order valence-electron chi connectivity index (χ2n) is 5.63. The molecule has 23 heavy (non-hydrogen) atoms. The fourth-order valence-electron chi connectivity index (χ4n) is 2.97. The van der Waals surface area contributed by atoms with E-state index >= 15 is 0 Å². The van der Waals surface area contributed by atoms with Crippen molar-refractivity contribution in [3.8, 4) is 0 Å². The Kier molecular flexibility index (Phi) is 4.42. The van der Waals surface area contributed by atoms with Gasteiger partial charge in [-0.2, -0.15) is 0 Å². The molecule has 118 valence electrons. The third-order valence-electron chi connectivity index (χ3n) is 4.23. The van der Waals surface area contributed by atoms with E-state index in [1.807, 2.05) is 55.5 Å². The maximum atomic E-state index is 12.6. The summed E-state index contributed by atoms with van der Waals surface area (Å²) in [6, 6.07) is 17.4. The molecule has 0 aliphatic carbocycles. The first kappa shape index (κ1) is 15.3. The average molecular weight is 308 g/mol. The number of rotatable bonds is 2. The number of fused-ring (bicyclic) bond motifs is 1. The zero-order chi connectivity index (χ0) is 16.2. The number of carbonyl (C=O) groups excluding carboxylic acids is 2. The van der Waals surface area contributed by atoms with Crippen molar-refractivity contribution in [2.24, 2.45) is 0 Å². The Labute approximate surface area is 136 Å². The molecule has 0 fully saturated rings. The van der Waals surface area contributed by atoms with E-state index in [2.05, 4.69) is 6.07 Å². The Morgan fingerprint density at radius 1 is 1.00 bits per heavy atom. The minimum Gasteiger partial charge on any atom is -0.330 e. The molecule has 4 heteroatoms. The summed E-state index contributed by atoms with van der Waals surface area (Å²) in [6.07, 6.45) is 0.798. The number of benzene rings is 2. The topological polar surface area (TPSA) is 40.6 Å². The molecule has 1 aliphatic heterocycles. The lowest BCUT2D eigenvalue weighted by Gasteiger charge is -2.30. The number of hydrogen-bond donors (Lipinski definition) is 0. The van der Waals surface area contributed by atoms with Crippen LogP contribution in [0, 0.1) is 0 Å². The van der Waals surface area contributed by atoms with Crippen molar-refractivity contribution in [2.45, 2.75) is 19.9 Å². The van der Waals surface area contributed by atoms with Crippen molar-refractivity contribution in [1.82, 2.24) is 4.90 Å². The van der Waals surface area contributed by atoms with Gasteiger partial charge in [-0.15, -0.1) is 0 Å².